The highest BCUT2D eigenvalue weighted by molar-refractivity contribution is 5.83. The molecule has 3 unspecified atom stereocenters. The number of para-hydroxylation sites is 1. The normalized spacial score (nSPS) is 20.0. The van der Waals surface area contributed by atoms with Gasteiger partial charge in [0.25, 0.3) is 0 Å². The number of rotatable bonds is 6. The van der Waals surface area contributed by atoms with Gasteiger partial charge in [-0.3, -0.25) is 14.9 Å². The number of hydrogen-bond donors (Lipinski definition) is 1. The molecule has 3 atom stereocenters. The number of carbonyl (C=O) groups is 1. The van der Waals surface area contributed by atoms with Gasteiger partial charge < -0.3 is 10.1 Å². The van der Waals surface area contributed by atoms with Gasteiger partial charge in [-0.15, -0.1) is 0 Å². The van der Waals surface area contributed by atoms with Crippen molar-refractivity contribution in [3.8, 4) is 5.75 Å². The van der Waals surface area contributed by atoms with E-state index in [0.29, 0.717) is 12.2 Å². The third-order valence-electron chi connectivity index (χ3n) is 4.23. The van der Waals surface area contributed by atoms with Crippen molar-refractivity contribution >= 4 is 5.91 Å². The van der Waals surface area contributed by atoms with Crippen molar-refractivity contribution in [3.63, 3.8) is 0 Å². The Morgan fingerprint density at radius 2 is 1.88 bits per heavy atom. The Hall–Kier alpha value is -2.89. The van der Waals surface area contributed by atoms with E-state index in [1.807, 2.05) is 54.6 Å². The van der Waals surface area contributed by atoms with Crippen LogP contribution in [0, 0.1) is 16.0 Å². The molecule has 2 aromatic carbocycles. The van der Waals surface area contributed by atoms with Crippen LogP contribution in [0.5, 0.6) is 5.75 Å². The molecule has 0 bridgehead atoms. The molecule has 0 aliphatic heterocycles. The molecule has 6 nitrogen and oxygen atoms in total. The van der Waals surface area contributed by atoms with Crippen molar-refractivity contribution in [1.82, 2.24) is 5.32 Å². The van der Waals surface area contributed by atoms with E-state index in [2.05, 4.69) is 5.32 Å². The van der Waals surface area contributed by atoms with Crippen LogP contribution in [0.1, 0.15) is 23.6 Å². The SMILES string of the molecule is COc1ccccc1C(NC(=O)C1CC1[N+](=O)[O-])c1ccccc1. The van der Waals surface area contributed by atoms with Crippen LogP contribution in [0.25, 0.3) is 0 Å². The molecule has 24 heavy (non-hydrogen) atoms. The molecule has 1 amide bonds. The molecule has 1 aliphatic rings. The van der Waals surface area contributed by atoms with Crippen LogP contribution >= 0.6 is 0 Å². The van der Waals surface area contributed by atoms with Gasteiger partial charge in [0.2, 0.25) is 11.9 Å². The zero-order valence-electron chi connectivity index (χ0n) is 13.2. The second-order valence-electron chi connectivity index (χ2n) is 5.79. The van der Waals surface area contributed by atoms with Crippen molar-refractivity contribution in [2.75, 3.05) is 7.11 Å². The molecule has 6 heteroatoms. The Morgan fingerprint density at radius 3 is 2.50 bits per heavy atom. The summed E-state index contributed by atoms with van der Waals surface area (Å²) in [7, 11) is 1.58. The van der Waals surface area contributed by atoms with Crippen LogP contribution in [0.3, 0.4) is 0 Å². The van der Waals surface area contributed by atoms with E-state index in [4.69, 9.17) is 4.74 Å². The minimum atomic E-state index is -0.765. The van der Waals surface area contributed by atoms with Gasteiger partial charge in [0.15, 0.2) is 0 Å². The number of nitrogens with one attached hydrogen (secondary N) is 1. The maximum atomic E-state index is 12.4. The summed E-state index contributed by atoms with van der Waals surface area (Å²) in [6.07, 6.45) is 0.298. The molecule has 0 heterocycles. The number of nitrogens with zero attached hydrogens (tertiary/aromatic N) is 1. The highest BCUT2D eigenvalue weighted by Gasteiger charge is 2.53. The first-order valence-electron chi connectivity index (χ1n) is 7.73. The molecule has 1 N–H and O–H groups in total. The number of ether oxygens (including phenoxy) is 1. The number of carbonyl (C=O) groups excluding carboxylic acids is 1. The summed E-state index contributed by atoms with van der Waals surface area (Å²) < 4.78 is 5.41. The molecular weight excluding hydrogens is 308 g/mol. The van der Waals surface area contributed by atoms with Gasteiger partial charge in [0.1, 0.15) is 11.7 Å². The molecule has 1 saturated carbocycles. The van der Waals surface area contributed by atoms with Crippen LogP contribution in [0.4, 0.5) is 0 Å². The number of methoxy groups -OCH3 is 1. The van der Waals surface area contributed by atoms with E-state index < -0.39 is 18.0 Å². The summed E-state index contributed by atoms with van der Waals surface area (Å²) in [5.74, 6) is -0.189. The summed E-state index contributed by atoms with van der Waals surface area (Å²) in [6, 6.07) is 15.8. The molecule has 2 aromatic rings. The first kappa shape index (κ1) is 16.0. The lowest BCUT2D eigenvalue weighted by Gasteiger charge is -2.21. The topological polar surface area (TPSA) is 81.5 Å². The van der Waals surface area contributed by atoms with Crippen LogP contribution in [0.2, 0.25) is 0 Å². The van der Waals surface area contributed by atoms with Crippen LogP contribution in [-0.4, -0.2) is 24.0 Å². The molecule has 124 valence electrons. The largest absolute Gasteiger partial charge is 0.496 e. The lowest BCUT2D eigenvalue weighted by atomic mass is 9.97. The monoisotopic (exact) mass is 326 g/mol. The molecule has 0 saturated heterocycles. The molecule has 0 spiro atoms. The highest BCUT2D eigenvalue weighted by atomic mass is 16.6. The van der Waals surface area contributed by atoms with E-state index in [-0.39, 0.29) is 10.8 Å². The number of benzene rings is 2. The van der Waals surface area contributed by atoms with Crippen molar-refractivity contribution < 1.29 is 14.5 Å². The van der Waals surface area contributed by atoms with E-state index in [1.54, 1.807) is 7.11 Å². The summed E-state index contributed by atoms with van der Waals surface area (Å²) in [5.41, 5.74) is 1.71. The smallest absolute Gasteiger partial charge is 0.231 e. The average molecular weight is 326 g/mol. The fraction of sp³-hybridized carbons (Fsp3) is 0.278. The zero-order valence-corrected chi connectivity index (χ0v) is 13.2. The summed E-state index contributed by atoms with van der Waals surface area (Å²) >= 11 is 0. The maximum Gasteiger partial charge on any atom is 0.231 e. The maximum absolute atomic E-state index is 12.4. The lowest BCUT2D eigenvalue weighted by Crippen LogP contribution is -2.32. The van der Waals surface area contributed by atoms with Crippen molar-refractivity contribution in [2.24, 2.45) is 5.92 Å². The molecule has 0 aromatic heterocycles. The van der Waals surface area contributed by atoms with Gasteiger partial charge in [-0.05, 0) is 11.6 Å². The summed E-state index contributed by atoms with van der Waals surface area (Å²) in [4.78, 5) is 22.8. The number of nitro groups is 1. The molecule has 1 aliphatic carbocycles. The quantitative estimate of drug-likeness (QED) is 0.653. The number of amides is 1. The third-order valence-corrected chi connectivity index (χ3v) is 4.23. The van der Waals surface area contributed by atoms with Gasteiger partial charge in [-0.1, -0.05) is 48.5 Å². The Bertz CT molecular complexity index is 748. The molecule has 0 radical (unpaired) electrons. The summed E-state index contributed by atoms with van der Waals surface area (Å²) in [6.45, 7) is 0. The highest BCUT2D eigenvalue weighted by Crippen LogP contribution is 2.35. The fourth-order valence-electron chi connectivity index (χ4n) is 2.84. The minimum absolute atomic E-state index is 0.295. The predicted octanol–water partition coefficient (Wildman–Crippen LogP) is 2.57. The third kappa shape index (κ3) is 3.22. The van der Waals surface area contributed by atoms with E-state index in [0.717, 1.165) is 11.1 Å². The van der Waals surface area contributed by atoms with Crippen molar-refractivity contribution in [3.05, 3.63) is 75.8 Å². The molecular formula is C18H18N2O4. The first-order chi connectivity index (χ1) is 11.6. The second kappa shape index (κ2) is 6.70. The fourth-order valence-corrected chi connectivity index (χ4v) is 2.84. The van der Waals surface area contributed by atoms with Crippen molar-refractivity contribution in [1.29, 1.82) is 0 Å². The van der Waals surface area contributed by atoms with Crippen LogP contribution < -0.4 is 10.1 Å². The number of hydrogen-bond acceptors (Lipinski definition) is 4. The minimum Gasteiger partial charge on any atom is -0.496 e. The standard InChI is InChI=1S/C18H18N2O4/c1-24-16-10-6-5-9-13(16)17(12-7-3-2-4-8-12)19-18(21)14-11-15(14)20(22)23/h2-10,14-15,17H,11H2,1H3,(H,19,21). The Kier molecular flexibility index (Phi) is 4.46. The average Bonchev–Trinajstić information content (AvgIpc) is 3.41. The Balaban J connectivity index is 1.89. The van der Waals surface area contributed by atoms with Gasteiger partial charge >= 0.3 is 0 Å². The second-order valence-corrected chi connectivity index (χ2v) is 5.79. The molecule has 1 fully saturated rings. The van der Waals surface area contributed by atoms with Crippen LogP contribution in [0.15, 0.2) is 54.6 Å². The Labute approximate surface area is 139 Å². The predicted molar refractivity (Wildman–Crippen MR) is 88.3 cm³/mol. The van der Waals surface area contributed by atoms with Gasteiger partial charge in [-0.2, -0.15) is 0 Å². The molecule has 3 rings (SSSR count). The summed E-state index contributed by atoms with van der Waals surface area (Å²) in [5, 5.41) is 13.8. The van der Waals surface area contributed by atoms with Gasteiger partial charge in [0, 0.05) is 16.9 Å². The van der Waals surface area contributed by atoms with Crippen molar-refractivity contribution in [2.45, 2.75) is 18.5 Å². The van der Waals surface area contributed by atoms with Gasteiger partial charge in [-0.25, -0.2) is 0 Å². The van der Waals surface area contributed by atoms with E-state index in [9.17, 15) is 14.9 Å². The van der Waals surface area contributed by atoms with E-state index >= 15 is 0 Å². The van der Waals surface area contributed by atoms with Crippen LogP contribution in [-0.2, 0) is 4.79 Å². The van der Waals surface area contributed by atoms with Gasteiger partial charge in [0.05, 0.1) is 13.2 Å². The first-order valence-corrected chi connectivity index (χ1v) is 7.73. The Morgan fingerprint density at radius 1 is 1.21 bits per heavy atom. The zero-order chi connectivity index (χ0) is 17.1. The lowest BCUT2D eigenvalue weighted by molar-refractivity contribution is -0.497. The van der Waals surface area contributed by atoms with E-state index in [1.165, 1.54) is 0 Å².